The Labute approximate surface area is 156 Å². The van der Waals surface area contributed by atoms with E-state index in [1.165, 1.54) is 36.4 Å². The number of nitro benzene ring substituents is 2. The average Bonchev–Trinajstić information content (AvgIpc) is 3.13. The van der Waals surface area contributed by atoms with Crippen molar-refractivity contribution in [2.45, 2.75) is 0 Å². The summed E-state index contributed by atoms with van der Waals surface area (Å²) in [5.41, 5.74) is 1.81. The van der Waals surface area contributed by atoms with E-state index in [-0.39, 0.29) is 35.2 Å². The third kappa shape index (κ3) is 4.30. The fourth-order valence-corrected chi connectivity index (χ4v) is 2.25. The van der Waals surface area contributed by atoms with Gasteiger partial charge in [-0.3, -0.25) is 25.0 Å². The van der Waals surface area contributed by atoms with Crippen molar-refractivity contribution in [2.75, 3.05) is 13.4 Å². The first-order valence-electron chi connectivity index (χ1n) is 7.71. The first-order valence-corrected chi connectivity index (χ1v) is 7.71. The van der Waals surface area contributed by atoms with Crippen molar-refractivity contribution >= 4 is 23.5 Å². The van der Waals surface area contributed by atoms with Crippen molar-refractivity contribution < 1.29 is 28.9 Å². The van der Waals surface area contributed by atoms with Crippen LogP contribution in [0.3, 0.4) is 0 Å². The lowest BCUT2D eigenvalue weighted by molar-refractivity contribution is -0.385. The molecule has 1 aliphatic rings. The number of carbonyl (C=O) groups excluding carboxylic acids is 1. The summed E-state index contributed by atoms with van der Waals surface area (Å²) >= 11 is 0. The summed E-state index contributed by atoms with van der Waals surface area (Å²) < 4.78 is 15.4. The van der Waals surface area contributed by atoms with E-state index in [2.05, 4.69) is 10.5 Å². The van der Waals surface area contributed by atoms with Gasteiger partial charge in [0, 0.05) is 6.07 Å². The zero-order valence-electron chi connectivity index (χ0n) is 14.1. The largest absolute Gasteiger partial charge is 0.483 e. The number of non-ortho nitro benzene ring substituents is 1. The number of benzene rings is 2. The van der Waals surface area contributed by atoms with Crippen LogP contribution in [-0.4, -0.2) is 35.4 Å². The Morgan fingerprint density at radius 2 is 1.93 bits per heavy atom. The quantitative estimate of drug-likeness (QED) is 0.427. The highest BCUT2D eigenvalue weighted by molar-refractivity contribution is 5.88. The predicted molar refractivity (Wildman–Crippen MR) is 93.5 cm³/mol. The SMILES string of the molecule is O=C(COc1cccc([N+](=O)[O-])c1)NN=Cc1cc2c(cc1[N+](=O)[O-])OCO2. The zero-order valence-corrected chi connectivity index (χ0v) is 14.1. The smallest absolute Gasteiger partial charge is 0.282 e. The van der Waals surface area contributed by atoms with Crippen LogP contribution in [0.4, 0.5) is 11.4 Å². The molecule has 0 spiro atoms. The molecule has 1 heterocycles. The molecular formula is C16H12N4O8. The van der Waals surface area contributed by atoms with Gasteiger partial charge >= 0.3 is 0 Å². The van der Waals surface area contributed by atoms with Gasteiger partial charge in [0.05, 0.1) is 33.8 Å². The first-order chi connectivity index (χ1) is 13.4. The highest BCUT2D eigenvalue weighted by atomic mass is 16.7. The van der Waals surface area contributed by atoms with Gasteiger partial charge in [-0.25, -0.2) is 5.43 Å². The number of nitrogens with zero attached hydrogens (tertiary/aromatic N) is 3. The molecule has 1 aliphatic heterocycles. The highest BCUT2D eigenvalue weighted by Crippen LogP contribution is 2.37. The van der Waals surface area contributed by atoms with Crippen molar-refractivity contribution in [3.63, 3.8) is 0 Å². The number of rotatable bonds is 7. The van der Waals surface area contributed by atoms with E-state index in [0.717, 1.165) is 6.21 Å². The maximum atomic E-state index is 11.8. The van der Waals surface area contributed by atoms with Gasteiger partial charge in [-0.05, 0) is 12.1 Å². The Hall–Kier alpha value is -4.22. The van der Waals surface area contributed by atoms with Crippen LogP contribution >= 0.6 is 0 Å². The summed E-state index contributed by atoms with van der Waals surface area (Å²) in [5.74, 6) is 0.0523. The number of fused-ring (bicyclic) bond motifs is 1. The van der Waals surface area contributed by atoms with Gasteiger partial charge in [0.25, 0.3) is 17.3 Å². The van der Waals surface area contributed by atoms with E-state index in [1.54, 1.807) is 0 Å². The summed E-state index contributed by atoms with van der Waals surface area (Å²) in [6, 6.07) is 7.91. The number of carbonyl (C=O) groups is 1. The fraction of sp³-hybridized carbons (Fsp3) is 0.125. The second-order valence-corrected chi connectivity index (χ2v) is 5.36. The minimum absolute atomic E-state index is 0.0429. The molecule has 1 N–H and O–H groups in total. The molecule has 0 aliphatic carbocycles. The molecule has 0 saturated carbocycles. The molecule has 2 aromatic rings. The second-order valence-electron chi connectivity index (χ2n) is 5.36. The van der Waals surface area contributed by atoms with Gasteiger partial charge in [0.15, 0.2) is 18.1 Å². The van der Waals surface area contributed by atoms with Crippen molar-refractivity contribution in [2.24, 2.45) is 5.10 Å². The summed E-state index contributed by atoms with van der Waals surface area (Å²) in [7, 11) is 0. The number of hydrogen-bond acceptors (Lipinski definition) is 9. The van der Waals surface area contributed by atoms with Crippen molar-refractivity contribution in [1.29, 1.82) is 0 Å². The Bertz CT molecular complexity index is 975. The molecule has 2 aromatic carbocycles. The normalized spacial score (nSPS) is 12.0. The van der Waals surface area contributed by atoms with E-state index in [9.17, 15) is 25.0 Å². The molecular weight excluding hydrogens is 376 g/mol. The lowest BCUT2D eigenvalue weighted by Crippen LogP contribution is -2.24. The molecule has 0 radical (unpaired) electrons. The summed E-state index contributed by atoms with van der Waals surface area (Å²) in [4.78, 5) is 32.4. The Morgan fingerprint density at radius 1 is 1.18 bits per heavy atom. The summed E-state index contributed by atoms with van der Waals surface area (Å²) in [6.07, 6.45) is 1.09. The number of nitrogens with one attached hydrogen (secondary N) is 1. The molecule has 0 bridgehead atoms. The lowest BCUT2D eigenvalue weighted by atomic mass is 10.1. The van der Waals surface area contributed by atoms with E-state index in [0.29, 0.717) is 5.75 Å². The van der Waals surface area contributed by atoms with E-state index >= 15 is 0 Å². The van der Waals surface area contributed by atoms with Gasteiger partial charge in [-0.1, -0.05) is 6.07 Å². The van der Waals surface area contributed by atoms with E-state index in [1.807, 2.05) is 0 Å². The van der Waals surface area contributed by atoms with Crippen molar-refractivity contribution in [3.8, 4) is 17.2 Å². The Kier molecular flexibility index (Phi) is 5.30. The lowest BCUT2D eigenvalue weighted by Gasteiger charge is -2.04. The van der Waals surface area contributed by atoms with Gasteiger partial charge in [0.1, 0.15) is 5.75 Å². The molecule has 1 amide bonds. The van der Waals surface area contributed by atoms with Gasteiger partial charge < -0.3 is 14.2 Å². The first kappa shape index (κ1) is 18.6. The number of amides is 1. The topological polar surface area (TPSA) is 155 Å². The number of ether oxygens (including phenoxy) is 3. The molecule has 0 atom stereocenters. The van der Waals surface area contributed by atoms with Crippen LogP contribution in [0.25, 0.3) is 0 Å². The highest BCUT2D eigenvalue weighted by Gasteiger charge is 2.22. The molecule has 0 aromatic heterocycles. The molecule has 3 rings (SSSR count). The molecule has 0 unspecified atom stereocenters. The Balaban J connectivity index is 1.60. The van der Waals surface area contributed by atoms with Gasteiger partial charge in [-0.2, -0.15) is 5.10 Å². The predicted octanol–water partition coefficient (Wildman–Crippen LogP) is 1.76. The third-order valence-electron chi connectivity index (χ3n) is 3.51. The Morgan fingerprint density at radius 3 is 2.64 bits per heavy atom. The van der Waals surface area contributed by atoms with Crippen LogP contribution in [0.15, 0.2) is 41.5 Å². The molecule has 28 heavy (non-hydrogen) atoms. The molecule has 12 nitrogen and oxygen atoms in total. The van der Waals surface area contributed by atoms with Crippen LogP contribution < -0.4 is 19.6 Å². The molecule has 12 heteroatoms. The monoisotopic (exact) mass is 388 g/mol. The van der Waals surface area contributed by atoms with Crippen molar-refractivity contribution in [3.05, 3.63) is 62.2 Å². The molecule has 0 saturated heterocycles. The molecule has 144 valence electrons. The number of hydrazone groups is 1. The van der Waals surface area contributed by atoms with Crippen LogP contribution in [0.2, 0.25) is 0 Å². The standard InChI is InChI=1S/C16H12N4O8/c21-16(8-26-12-3-1-2-11(5-12)19(22)23)18-17-7-10-4-14-15(28-9-27-14)6-13(10)20(24)25/h1-7H,8-9H2,(H,18,21). The van der Waals surface area contributed by atoms with Crippen LogP contribution in [-0.2, 0) is 4.79 Å². The van der Waals surface area contributed by atoms with Crippen LogP contribution in [0.5, 0.6) is 17.2 Å². The third-order valence-corrected chi connectivity index (χ3v) is 3.51. The van der Waals surface area contributed by atoms with Gasteiger partial charge in [-0.15, -0.1) is 0 Å². The van der Waals surface area contributed by atoms with Crippen LogP contribution in [0, 0.1) is 20.2 Å². The number of hydrogen-bond donors (Lipinski definition) is 1. The minimum Gasteiger partial charge on any atom is -0.483 e. The molecule has 0 fully saturated rings. The van der Waals surface area contributed by atoms with Crippen LogP contribution in [0.1, 0.15) is 5.56 Å². The average molecular weight is 388 g/mol. The number of nitro groups is 2. The minimum atomic E-state index is -0.661. The van der Waals surface area contributed by atoms with Crippen molar-refractivity contribution in [1.82, 2.24) is 5.43 Å². The summed E-state index contributed by atoms with van der Waals surface area (Å²) in [5, 5.41) is 25.5. The second kappa shape index (κ2) is 7.99. The van der Waals surface area contributed by atoms with E-state index < -0.39 is 22.4 Å². The van der Waals surface area contributed by atoms with E-state index in [4.69, 9.17) is 14.2 Å². The summed E-state index contributed by atoms with van der Waals surface area (Å²) in [6.45, 7) is -0.499. The zero-order chi connectivity index (χ0) is 20.1. The maximum absolute atomic E-state index is 11.8. The van der Waals surface area contributed by atoms with Gasteiger partial charge in [0.2, 0.25) is 6.79 Å². The maximum Gasteiger partial charge on any atom is 0.282 e. The fourth-order valence-electron chi connectivity index (χ4n) is 2.25.